The second-order valence-corrected chi connectivity index (χ2v) is 4.45. The van der Waals surface area contributed by atoms with Gasteiger partial charge in [0, 0.05) is 5.69 Å². The van der Waals surface area contributed by atoms with E-state index >= 15 is 0 Å². The number of benzene rings is 1. The average Bonchev–Trinajstić information content (AvgIpc) is 2.49. The summed E-state index contributed by atoms with van der Waals surface area (Å²) in [6, 6.07) is 10.9. The number of pyridine rings is 1. The summed E-state index contributed by atoms with van der Waals surface area (Å²) >= 11 is 0. The van der Waals surface area contributed by atoms with Crippen molar-refractivity contribution in [2.24, 2.45) is 0 Å². The lowest BCUT2D eigenvalue weighted by Gasteiger charge is -2.11. The number of aliphatic hydroxyl groups is 1. The molecule has 1 N–H and O–H groups in total. The Bertz CT molecular complexity index is 660. The fraction of sp³-hybridized carbons (Fsp3) is 0.250. The molecule has 0 unspecified atom stereocenters. The van der Waals surface area contributed by atoms with Gasteiger partial charge in [0.15, 0.2) is 0 Å². The van der Waals surface area contributed by atoms with Crippen molar-refractivity contribution in [2.45, 2.75) is 26.9 Å². The summed E-state index contributed by atoms with van der Waals surface area (Å²) in [6.45, 7) is 3.84. The lowest BCUT2D eigenvalue weighted by atomic mass is 10.1. The molecule has 102 valence electrons. The molecular formula is C16H16N2O2. The first kappa shape index (κ1) is 14.0. The van der Waals surface area contributed by atoms with Crippen molar-refractivity contribution in [1.82, 2.24) is 4.98 Å². The number of aromatic nitrogens is 1. The zero-order valence-corrected chi connectivity index (χ0v) is 11.6. The number of hydrogen-bond acceptors (Lipinski definition) is 4. The van der Waals surface area contributed by atoms with Crippen LogP contribution >= 0.6 is 0 Å². The van der Waals surface area contributed by atoms with Gasteiger partial charge in [-0.15, -0.1) is 0 Å². The van der Waals surface area contributed by atoms with E-state index in [0.717, 1.165) is 17.8 Å². The van der Waals surface area contributed by atoms with Gasteiger partial charge in [-0.1, -0.05) is 13.0 Å². The second kappa shape index (κ2) is 6.18. The Hall–Kier alpha value is -2.38. The molecular weight excluding hydrogens is 252 g/mol. The fourth-order valence-electron chi connectivity index (χ4n) is 1.91. The van der Waals surface area contributed by atoms with E-state index in [1.54, 1.807) is 18.2 Å². The Kier molecular flexibility index (Phi) is 4.34. The monoisotopic (exact) mass is 268 g/mol. The Balaban J connectivity index is 2.37. The molecule has 1 aromatic heterocycles. The molecule has 0 aliphatic heterocycles. The number of nitriles is 1. The first-order valence-corrected chi connectivity index (χ1v) is 6.46. The molecule has 20 heavy (non-hydrogen) atoms. The van der Waals surface area contributed by atoms with Crippen molar-refractivity contribution < 1.29 is 9.84 Å². The summed E-state index contributed by atoms with van der Waals surface area (Å²) in [4.78, 5) is 4.43. The van der Waals surface area contributed by atoms with Gasteiger partial charge in [-0.3, -0.25) is 4.98 Å². The highest BCUT2D eigenvalue weighted by atomic mass is 16.5. The number of aryl methyl sites for hydroxylation is 2. The summed E-state index contributed by atoms with van der Waals surface area (Å²) in [5, 5.41) is 18.3. The van der Waals surface area contributed by atoms with Crippen LogP contribution in [0.4, 0.5) is 0 Å². The molecule has 0 fully saturated rings. The van der Waals surface area contributed by atoms with E-state index in [1.807, 2.05) is 26.0 Å². The van der Waals surface area contributed by atoms with Crippen LogP contribution in [0.25, 0.3) is 0 Å². The van der Waals surface area contributed by atoms with Gasteiger partial charge in [0.2, 0.25) is 0 Å². The molecule has 0 amide bonds. The molecule has 0 radical (unpaired) electrons. The lowest BCUT2D eigenvalue weighted by molar-refractivity contribution is 0.281. The third-order valence-electron chi connectivity index (χ3n) is 2.97. The summed E-state index contributed by atoms with van der Waals surface area (Å²) < 4.78 is 5.81. The van der Waals surface area contributed by atoms with Gasteiger partial charge < -0.3 is 9.84 Å². The Morgan fingerprint density at radius 2 is 2.00 bits per heavy atom. The standard InChI is InChI=1S/C16H16N2O2/c1-3-14-16(6-4-11(2)18-14)20-15-7-5-12(10-19)8-13(15)9-17/h4-8,19H,3,10H2,1-2H3. The minimum absolute atomic E-state index is 0.0960. The third kappa shape index (κ3) is 2.95. The predicted molar refractivity (Wildman–Crippen MR) is 75.5 cm³/mol. The first-order chi connectivity index (χ1) is 9.67. The van der Waals surface area contributed by atoms with E-state index in [2.05, 4.69) is 11.1 Å². The third-order valence-corrected chi connectivity index (χ3v) is 2.97. The number of hydrogen-bond donors (Lipinski definition) is 1. The Labute approximate surface area is 118 Å². The van der Waals surface area contributed by atoms with Crippen molar-refractivity contribution in [3.05, 3.63) is 52.8 Å². The molecule has 1 aromatic carbocycles. The second-order valence-electron chi connectivity index (χ2n) is 4.45. The van der Waals surface area contributed by atoms with Crippen molar-refractivity contribution in [2.75, 3.05) is 0 Å². The van der Waals surface area contributed by atoms with E-state index in [4.69, 9.17) is 15.1 Å². The molecule has 0 saturated carbocycles. The van der Waals surface area contributed by atoms with Crippen LogP contribution in [0.5, 0.6) is 11.5 Å². The Morgan fingerprint density at radius 3 is 2.65 bits per heavy atom. The maximum atomic E-state index is 9.16. The van der Waals surface area contributed by atoms with Crippen LogP contribution in [0.2, 0.25) is 0 Å². The summed E-state index contributed by atoms with van der Waals surface area (Å²) in [5.41, 5.74) is 2.89. The van der Waals surface area contributed by atoms with Crippen molar-refractivity contribution in [3.8, 4) is 17.6 Å². The van der Waals surface area contributed by atoms with E-state index in [1.165, 1.54) is 0 Å². The summed E-state index contributed by atoms with van der Waals surface area (Å²) in [6.07, 6.45) is 0.758. The highest BCUT2D eigenvalue weighted by molar-refractivity contribution is 5.48. The lowest BCUT2D eigenvalue weighted by Crippen LogP contribution is -1.97. The molecule has 4 nitrogen and oxygen atoms in total. The molecule has 0 aliphatic rings. The van der Waals surface area contributed by atoms with E-state index in [0.29, 0.717) is 22.6 Å². The molecule has 0 atom stereocenters. The first-order valence-electron chi connectivity index (χ1n) is 6.46. The zero-order chi connectivity index (χ0) is 14.5. The summed E-state index contributed by atoms with van der Waals surface area (Å²) in [5.74, 6) is 1.14. The van der Waals surface area contributed by atoms with Crippen LogP contribution in [0.3, 0.4) is 0 Å². The van der Waals surface area contributed by atoms with E-state index in [9.17, 15) is 0 Å². The van der Waals surface area contributed by atoms with Crippen molar-refractivity contribution in [3.63, 3.8) is 0 Å². The number of ether oxygens (including phenoxy) is 1. The largest absolute Gasteiger partial charge is 0.454 e. The van der Waals surface area contributed by atoms with Gasteiger partial charge >= 0.3 is 0 Å². The predicted octanol–water partition coefficient (Wildman–Crippen LogP) is 3.11. The average molecular weight is 268 g/mol. The van der Waals surface area contributed by atoms with Gasteiger partial charge in [0.05, 0.1) is 17.9 Å². The van der Waals surface area contributed by atoms with Crippen LogP contribution in [0.15, 0.2) is 30.3 Å². The molecule has 1 heterocycles. The molecule has 0 bridgehead atoms. The van der Waals surface area contributed by atoms with Gasteiger partial charge in [-0.05, 0) is 43.2 Å². The minimum Gasteiger partial charge on any atom is -0.454 e. The van der Waals surface area contributed by atoms with Crippen LogP contribution in [0.1, 0.15) is 29.4 Å². The van der Waals surface area contributed by atoms with E-state index in [-0.39, 0.29) is 6.61 Å². The van der Waals surface area contributed by atoms with Crippen LogP contribution in [-0.4, -0.2) is 10.1 Å². The summed E-state index contributed by atoms with van der Waals surface area (Å²) in [7, 11) is 0. The van der Waals surface area contributed by atoms with Gasteiger partial charge in [-0.2, -0.15) is 5.26 Å². The smallest absolute Gasteiger partial charge is 0.148 e. The van der Waals surface area contributed by atoms with Crippen LogP contribution in [-0.2, 0) is 13.0 Å². The van der Waals surface area contributed by atoms with Crippen LogP contribution < -0.4 is 4.74 Å². The van der Waals surface area contributed by atoms with Crippen molar-refractivity contribution in [1.29, 1.82) is 5.26 Å². The maximum absolute atomic E-state index is 9.16. The van der Waals surface area contributed by atoms with Gasteiger partial charge in [0.25, 0.3) is 0 Å². The van der Waals surface area contributed by atoms with Crippen molar-refractivity contribution >= 4 is 0 Å². The molecule has 2 rings (SSSR count). The topological polar surface area (TPSA) is 66.1 Å². The Morgan fingerprint density at radius 1 is 1.25 bits per heavy atom. The molecule has 4 heteroatoms. The van der Waals surface area contributed by atoms with E-state index < -0.39 is 0 Å². The SMILES string of the molecule is CCc1nc(C)ccc1Oc1ccc(CO)cc1C#N. The normalized spacial score (nSPS) is 10.1. The number of rotatable bonds is 4. The fourth-order valence-corrected chi connectivity index (χ4v) is 1.91. The molecule has 0 aliphatic carbocycles. The van der Waals surface area contributed by atoms with Gasteiger partial charge in [-0.25, -0.2) is 0 Å². The quantitative estimate of drug-likeness (QED) is 0.925. The minimum atomic E-state index is -0.0960. The van der Waals surface area contributed by atoms with Gasteiger partial charge in [0.1, 0.15) is 17.6 Å². The molecule has 2 aromatic rings. The number of nitrogens with zero attached hydrogens (tertiary/aromatic N) is 2. The maximum Gasteiger partial charge on any atom is 0.148 e. The molecule has 0 spiro atoms. The van der Waals surface area contributed by atoms with Crippen LogP contribution in [0, 0.1) is 18.3 Å². The zero-order valence-electron chi connectivity index (χ0n) is 11.6. The molecule has 0 saturated heterocycles. The highest BCUT2D eigenvalue weighted by Gasteiger charge is 2.09. The number of aliphatic hydroxyl groups excluding tert-OH is 1. The highest BCUT2D eigenvalue weighted by Crippen LogP contribution is 2.28.